The van der Waals surface area contributed by atoms with E-state index in [2.05, 4.69) is 20.8 Å². The largest absolute Gasteiger partial charge is 0.442 e. The fourth-order valence-corrected chi connectivity index (χ4v) is 2.45. The number of anilines is 1. The highest BCUT2D eigenvalue weighted by molar-refractivity contribution is 5.90. The Morgan fingerprint density at radius 3 is 2.65 bits per heavy atom. The summed E-state index contributed by atoms with van der Waals surface area (Å²) in [4.78, 5) is 28.0. The maximum absolute atomic E-state index is 14.4. The predicted molar refractivity (Wildman–Crippen MR) is 84.5 cm³/mol. The molecule has 0 radical (unpaired) electrons. The van der Waals surface area contributed by atoms with Gasteiger partial charge in [0.1, 0.15) is 23.3 Å². The predicted octanol–water partition coefficient (Wildman–Crippen LogP) is 1.58. The lowest BCUT2D eigenvalue weighted by Gasteiger charge is -2.14. The Labute approximate surface area is 146 Å². The number of nitrogens with one attached hydrogen (secondary N) is 2. The molecule has 9 nitrogen and oxygen atoms in total. The monoisotopic (exact) mass is 367 g/mol. The van der Waals surface area contributed by atoms with Crippen LogP contribution in [0.5, 0.6) is 0 Å². The van der Waals surface area contributed by atoms with Gasteiger partial charge in [0.25, 0.3) is 5.89 Å². The van der Waals surface area contributed by atoms with Crippen molar-refractivity contribution in [3.8, 4) is 11.5 Å². The fraction of sp³-hybridized carbons (Fsp3) is 0.333. The van der Waals surface area contributed by atoms with Crippen molar-refractivity contribution in [1.82, 2.24) is 20.8 Å². The van der Waals surface area contributed by atoms with E-state index in [9.17, 15) is 18.4 Å². The number of carbonyl (C=O) groups excluding carboxylic acids is 2. The van der Waals surface area contributed by atoms with Crippen molar-refractivity contribution in [3.05, 3.63) is 29.6 Å². The molecule has 2 heterocycles. The third-order valence-electron chi connectivity index (χ3n) is 3.67. The first-order chi connectivity index (χ1) is 12.4. The summed E-state index contributed by atoms with van der Waals surface area (Å²) in [5, 5.41) is 8.35. The van der Waals surface area contributed by atoms with Gasteiger partial charge in [-0.15, -0.1) is 0 Å². The summed E-state index contributed by atoms with van der Waals surface area (Å²) < 4.78 is 38.6. The van der Waals surface area contributed by atoms with E-state index >= 15 is 0 Å². The maximum Gasteiger partial charge on any atom is 0.414 e. The van der Waals surface area contributed by atoms with Crippen molar-refractivity contribution in [1.29, 1.82) is 0 Å². The summed E-state index contributed by atoms with van der Waals surface area (Å²) in [6.45, 7) is 1.61. The first kappa shape index (κ1) is 17.6. The molecule has 1 aliphatic heterocycles. The van der Waals surface area contributed by atoms with Crippen LogP contribution in [0.25, 0.3) is 11.5 Å². The minimum absolute atomic E-state index is 0.0209. The van der Waals surface area contributed by atoms with Crippen LogP contribution in [-0.2, 0) is 4.74 Å². The average Bonchev–Trinajstić information content (AvgIpc) is 3.17. The van der Waals surface area contributed by atoms with Gasteiger partial charge in [0.2, 0.25) is 0 Å². The van der Waals surface area contributed by atoms with Gasteiger partial charge in [-0.1, -0.05) is 5.16 Å². The van der Waals surface area contributed by atoms with Crippen LogP contribution in [0.1, 0.15) is 5.82 Å². The highest BCUT2D eigenvalue weighted by Gasteiger charge is 2.34. The summed E-state index contributed by atoms with van der Waals surface area (Å²) in [6.07, 6.45) is -1.42. The van der Waals surface area contributed by atoms with E-state index in [1.54, 1.807) is 0 Å². The number of carbonyl (C=O) groups is 2. The number of aromatic nitrogens is 2. The molecule has 3 rings (SSSR count). The van der Waals surface area contributed by atoms with Crippen LogP contribution in [0.3, 0.4) is 0 Å². The third-order valence-corrected chi connectivity index (χ3v) is 3.67. The van der Waals surface area contributed by atoms with Gasteiger partial charge in [0.05, 0.1) is 18.8 Å². The van der Waals surface area contributed by atoms with Crippen molar-refractivity contribution in [2.45, 2.75) is 13.0 Å². The highest BCUT2D eigenvalue weighted by Crippen LogP contribution is 2.31. The lowest BCUT2D eigenvalue weighted by molar-refractivity contribution is 0.140. The number of benzene rings is 1. The number of urea groups is 1. The first-order valence-corrected chi connectivity index (χ1v) is 7.62. The summed E-state index contributed by atoms with van der Waals surface area (Å²) in [7, 11) is 1.44. The molecular weight excluding hydrogens is 352 g/mol. The van der Waals surface area contributed by atoms with Crippen LogP contribution in [0.2, 0.25) is 0 Å². The molecule has 1 atom stereocenters. The number of aryl methyl sites for hydroxylation is 1. The molecule has 0 saturated carbocycles. The lowest BCUT2D eigenvalue weighted by atomic mass is 10.1. The van der Waals surface area contributed by atoms with Crippen molar-refractivity contribution < 1.29 is 27.6 Å². The molecule has 138 valence electrons. The van der Waals surface area contributed by atoms with Gasteiger partial charge in [0, 0.05) is 7.05 Å². The van der Waals surface area contributed by atoms with Crippen molar-refractivity contribution in [2.24, 2.45) is 0 Å². The van der Waals surface area contributed by atoms with Crippen LogP contribution in [0.15, 0.2) is 16.7 Å². The zero-order valence-electron chi connectivity index (χ0n) is 13.9. The summed E-state index contributed by atoms with van der Waals surface area (Å²) in [6, 6.07) is 1.53. The van der Waals surface area contributed by atoms with E-state index in [0.717, 1.165) is 17.0 Å². The van der Waals surface area contributed by atoms with Crippen LogP contribution in [-0.4, -0.2) is 48.5 Å². The highest BCUT2D eigenvalue weighted by atomic mass is 19.1. The number of cyclic esters (lactones) is 1. The van der Waals surface area contributed by atoms with Crippen LogP contribution in [0.4, 0.5) is 24.1 Å². The number of nitrogens with zero attached hydrogens (tertiary/aromatic N) is 3. The zero-order chi connectivity index (χ0) is 18.8. The molecule has 3 amide bonds. The lowest BCUT2D eigenvalue weighted by Crippen LogP contribution is -2.39. The molecular formula is C15H15F2N5O4. The molecule has 2 aromatic rings. The van der Waals surface area contributed by atoms with Gasteiger partial charge < -0.3 is 19.9 Å². The minimum atomic E-state index is -0.955. The Bertz CT molecular complexity index is 833. The molecule has 0 spiro atoms. The van der Waals surface area contributed by atoms with E-state index < -0.39 is 35.4 Å². The molecule has 1 aromatic heterocycles. The molecule has 11 heteroatoms. The second-order valence-corrected chi connectivity index (χ2v) is 5.51. The van der Waals surface area contributed by atoms with Gasteiger partial charge in [-0.2, -0.15) is 4.98 Å². The van der Waals surface area contributed by atoms with Gasteiger partial charge >= 0.3 is 12.1 Å². The molecule has 1 fully saturated rings. The normalized spacial score (nSPS) is 16.5. The average molecular weight is 367 g/mol. The fourth-order valence-electron chi connectivity index (χ4n) is 2.45. The molecule has 1 saturated heterocycles. The van der Waals surface area contributed by atoms with E-state index in [1.807, 2.05) is 0 Å². The molecule has 0 bridgehead atoms. The molecule has 1 aromatic carbocycles. The number of ether oxygens (including phenoxy) is 1. The van der Waals surface area contributed by atoms with Gasteiger partial charge in [-0.05, 0) is 19.1 Å². The summed E-state index contributed by atoms with van der Waals surface area (Å²) in [5.74, 6) is -1.97. The molecule has 26 heavy (non-hydrogen) atoms. The quantitative estimate of drug-likeness (QED) is 0.849. The Morgan fingerprint density at radius 2 is 2.08 bits per heavy atom. The molecule has 0 aliphatic carbocycles. The van der Waals surface area contributed by atoms with Gasteiger partial charge in [-0.3, -0.25) is 4.90 Å². The SMILES string of the molecule is CNC(=O)NCC1CN(c2cc(F)c(-c3nc(C)no3)c(F)c2)C(=O)O1. The number of hydrogen-bond acceptors (Lipinski definition) is 6. The number of rotatable bonds is 4. The van der Waals surface area contributed by atoms with Crippen molar-refractivity contribution in [2.75, 3.05) is 25.0 Å². The van der Waals surface area contributed by atoms with E-state index in [0.29, 0.717) is 0 Å². The Balaban J connectivity index is 1.79. The van der Waals surface area contributed by atoms with Crippen molar-refractivity contribution in [3.63, 3.8) is 0 Å². The second-order valence-electron chi connectivity index (χ2n) is 5.51. The summed E-state index contributed by atoms with van der Waals surface area (Å²) in [5.41, 5.74) is -0.493. The Kier molecular flexibility index (Phi) is 4.69. The number of hydrogen-bond donors (Lipinski definition) is 2. The minimum Gasteiger partial charge on any atom is -0.442 e. The Morgan fingerprint density at radius 1 is 1.38 bits per heavy atom. The standard InChI is InChI=1S/C15H15F2N5O4/c1-7-20-13(26-21-7)12-10(16)3-8(4-11(12)17)22-6-9(25-15(22)24)5-19-14(23)18-2/h3-4,9H,5-6H2,1-2H3,(H2,18,19,23). The van der Waals surface area contributed by atoms with E-state index in [4.69, 9.17) is 9.26 Å². The van der Waals surface area contributed by atoms with Gasteiger partial charge in [0.15, 0.2) is 5.82 Å². The molecule has 1 aliphatic rings. The molecule has 2 N–H and O–H groups in total. The third kappa shape index (κ3) is 3.41. The second kappa shape index (κ2) is 6.94. The van der Waals surface area contributed by atoms with E-state index in [-0.39, 0.29) is 30.5 Å². The first-order valence-electron chi connectivity index (χ1n) is 7.62. The Hall–Kier alpha value is -3.24. The number of halogens is 2. The molecule has 1 unspecified atom stereocenters. The van der Waals surface area contributed by atoms with Crippen LogP contribution in [0, 0.1) is 18.6 Å². The zero-order valence-corrected chi connectivity index (χ0v) is 13.9. The number of amides is 3. The summed E-state index contributed by atoms with van der Waals surface area (Å²) >= 11 is 0. The van der Waals surface area contributed by atoms with E-state index in [1.165, 1.54) is 14.0 Å². The topological polar surface area (TPSA) is 110 Å². The maximum atomic E-state index is 14.4. The van der Waals surface area contributed by atoms with Crippen LogP contribution < -0.4 is 15.5 Å². The van der Waals surface area contributed by atoms with Crippen LogP contribution >= 0.6 is 0 Å². The van der Waals surface area contributed by atoms with Crippen molar-refractivity contribution >= 4 is 17.8 Å². The smallest absolute Gasteiger partial charge is 0.414 e. The van der Waals surface area contributed by atoms with Gasteiger partial charge in [-0.25, -0.2) is 18.4 Å².